The number of benzene rings is 1. The number of hydrogen-bond acceptors (Lipinski definition) is 4. The van der Waals surface area contributed by atoms with Crippen LogP contribution >= 0.6 is 12.4 Å². The highest BCUT2D eigenvalue weighted by atomic mass is 35.5. The van der Waals surface area contributed by atoms with Gasteiger partial charge in [0, 0.05) is 13.0 Å². The van der Waals surface area contributed by atoms with Gasteiger partial charge in [0.1, 0.15) is 17.6 Å². The fraction of sp³-hybridized carbons (Fsp3) is 0.500. The summed E-state index contributed by atoms with van der Waals surface area (Å²) in [6, 6.07) is 7.37. The van der Waals surface area contributed by atoms with Crippen molar-refractivity contribution in [2.45, 2.75) is 19.4 Å². The normalized spacial score (nSPS) is 11.2. The average molecular weight is 303 g/mol. The summed E-state index contributed by atoms with van der Waals surface area (Å²) in [5.74, 6) is 1.58. The summed E-state index contributed by atoms with van der Waals surface area (Å²) in [6.07, 6.45) is 0.401. The summed E-state index contributed by atoms with van der Waals surface area (Å²) in [6.45, 7) is 3.09. The molecule has 1 rings (SSSR count). The Morgan fingerprint density at radius 3 is 2.40 bits per heavy atom. The Kier molecular flexibility index (Phi) is 9.59. The number of hydrogen-bond donors (Lipinski definition) is 2. The zero-order valence-electron chi connectivity index (χ0n) is 12.1. The van der Waals surface area contributed by atoms with E-state index in [9.17, 15) is 4.79 Å². The molecule has 1 aromatic rings. The molecule has 1 amide bonds. The van der Waals surface area contributed by atoms with Gasteiger partial charge in [-0.05, 0) is 38.2 Å². The van der Waals surface area contributed by atoms with E-state index >= 15 is 0 Å². The molecule has 2 N–H and O–H groups in total. The lowest BCUT2D eigenvalue weighted by atomic mass is 10.3. The Balaban J connectivity index is 0.00000361. The summed E-state index contributed by atoms with van der Waals surface area (Å²) in [7, 11) is 3.45. The molecule has 1 atom stereocenters. The minimum atomic E-state index is -0.0769. The van der Waals surface area contributed by atoms with Crippen LogP contribution in [-0.2, 0) is 4.79 Å². The van der Waals surface area contributed by atoms with Crippen LogP contribution in [0.15, 0.2) is 24.3 Å². The fourth-order valence-electron chi connectivity index (χ4n) is 1.51. The molecular weight excluding hydrogens is 280 g/mol. The number of amides is 1. The smallest absolute Gasteiger partial charge is 0.221 e. The Labute approximate surface area is 126 Å². The zero-order valence-corrected chi connectivity index (χ0v) is 13.0. The van der Waals surface area contributed by atoms with Gasteiger partial charge in [-0.2, -0.15) is 0 Å². The molecule has 6 heteroatoms. The Bertz CT molecular complexity index is 385. The molecule has 20 heavy (non-hydrogen) atoms. The molecule has 0 fully saturated rings. The standard InChI is InChI=1S/C14H22N2O3.ClH/c1-11(10-16-14(17)8-9-15-2)19-13-6-4-12(18-3)5-7-13;/h4-7,11,15H,8-10H2,1-3H3,(H,16,17);1H. The van der Waals surface area contributed by atoms with E-state index in [1.54, 1.807) is 7.11 Å². The van der Waals surface area contributed by atoms with Crippen LogP contribution in [0.2, 0.25) is 0 Å². The van der Waals surface area contributed by atoms with E-state index in [1.165, 1.54) is 0 Å². The topological polar surface area (TPSA) is 59.6 Å². The van der Waals surface area contributed by atoms with Crippen LogP contribution < -0.4 is 20.1 Å². The third-order valence-electron chi connectivity index (χ3n) is 2.59. The molecule has 1 aromatic carbocycles. The van der Waals surface area contributed by atoms with Crippen molar-refractivity contribution in [1.82, 2.24) is 10.6 Å². The van der Waals surface area contributed by atoms with Crippen molar-refractivity contribution in [3.05, 3.63) is 24.3 Å². The summed E-state index contributed by atoms with van der Waals surface area (Å²) in [5, 5.41) is 5.76. The first-order chi connectivity index (χ1) is 9.15. The van der Waals surface area contributed by atoms with Crippen molar-refractivity contribution >= 4 is 18.3 Å². The first-order valence-corrected chi connectivity index (χ1v) is 6.37. The molecule has 0 bridgehead atoms. The maximum atomic E-state index is 11.4. The van der Waals surface area contributed by atoms with E-state index in [1.807, 2.05) is 38.2 Å². The highest BCUT2D eigenvalue weighted by molar-refractivity contribution is 5.85. The molecule has 1 unspecified atom stereocenters. The molecule has 0 aliphatic rings. The lowest BCUT2D eigenvalue weighted by Crippen LogP contribution is -2.34. The lowest BCUT2D eigenvalue weighted by Gasteiger charge is -2.15. The predicted molar refractivity (Wildman–Crippen MR) is 81.9 cm³/mol. The van der Waals surface area contributed by atoms with Crippen LogP contribution in [0.3, 0.4) is 0 Å². The number of nitrogens with one attached hydrogen (secondary N) is 2. The molecule has 0 saturated carbocycles. The number of carbonyl (C=O) groups is 1. The van der Waals surface area contributed by atoms with Crippen molar-refractivity contribution in [3.63, 3.8) is 0 Å². The van der Waals surface area contributed by atoms with Crippen molar-refractivity contribution in [1.29, 1.82) is 0 Å². The maximum absolute atomic E-state index is 11.4. The maximum Gasteiger partial charge on any atom is 0.221 e. The number of ether oxygens (including phenoxy) is 2. The van der Waals surface area contributed by atoms with E-state index in [0.29, 0.717) is 19.5 Å². The highest BCUT2D eigenvalue weighted by Crippen LogP contribution is 2.17. The van der Waals surface area contributed by atoms with Gasteiger partial charge in [-0.15, -0.1) is 12.4 Å². The molecule has 0 aliphatic heterocycles. The van der Waals surface area contributed by atoms with E-state index < -0.39 is 0 Å². The molecular formula is C14H23ClN2O3. The monoisotopic (exact) mass is 302 g/mol. The third kappa shape index (κ3) is 7.21. The fourth-order valence-corrected chi connectivity index (χ4v) is 1.51. The SMILES string of the molecule is CNCCC(=O)NCC(C)Oc1ccc(OC)cc1.Cl. The summed E-state index contributed by atoms with van der Waals surface area (Å²) in [4.78, 5) is 11.4. The zero-order chi connectivity index (χ0) is 14.1. The van der Waals surface area contributed by atoms with Gasteiger partial charge < -0.3 is 20.1 Å². The Hall–Kier alpha value is -1.46. The van der Waals surface area contributed by atoms with Gasteiger partial charge in [-0.1, -0.05) is 0 Å². The summed E-state index contributed by atoms with van der Waals surface area (Å²) in [5.41, 5.74) is 0. The molecule has 0 aromatic heterocycles. The minimum absolute atomic E-state index is 0. The van der Waals surface area contributed by atoms with Crippen LogP contribution in [0.25, 0.3) is 0 Å². The second kappa shape index (κ2) is 10.3. The van der Waals surface area contributed by atoms with E-state index in [4.69, 9.17) is 9.47 Å². The van der Waals surface area contributed by atoms with Crippen molar-refractivity contribution in [3.8, 4) is 11.5 Å². The van der Waals surface area contributed by atoms with Gasteiger partial charge in [0.15, 0.2) is 0 Å². The Morgan fingerprint density at radius 2 is 1.85 bits per heavy atom. The molecule has 0 aliphatic carbocycles. The molecule has 0 heterocycles. The number of methoxy groups -OCH3 is 1. The Morgan fingerprint density at radius 1 is 1.25 bits per heavy atom. The second-order valence-corrected chi connectivity index (χ2v) is 4.26. The van der Waals surface area contributed by atoms with Crippen LogP contribution in [0.4, 0.5) is 0 Å². The third-order valence-corrected chi connectivity index (χ3v) is 2.59. The molecule has 114 valence electrons. The summed E-state index contributed by atoms with van der Waals surface area (Å²) >= 11 is 0. The average Bonchev–Trinajstić information content (AvgIpc) is 2.43. The number of halogens is 1. The largest absolute Gasteiger partial charge is 0.497 e. The van der Waals surface area contributed by atoms with Crippen LogP contribution in [-0.4, -0.2) is 39.3 Å². The second-order valence-electron chi connectivity index (χ2n) is 4.26. The van der Waals surface area contributed by atoms with E-state index in [0.717, 1.165) is 11.5 Å². The number of rotatable bonds is 8. The first kappa shape index (κ1) is 18.5. The first-order valence-electron chi connectivity index (χ1n) is 6.37. The van der Waals surface area contributed by atoms with Gasteiger partial charge in [-0.3, -0.25) is 4.79 Å². The van der Waals surface area contributed by atoms with Crippen LogP contribution in [0.1, 0.15) is 13.3 Å². The number of carbonyl (C=O) groups excluding carboxylic acids is 1. The van der Waals surface area contributed by atoms with Crippen LogP contribution in [0.5, 0.6) is 11.5 Å². The van der Waals surface area contributed by atoms with Gasteiger partial charge in [-0.25, -0.2) is 0 Å². The molecule has 5 nitrogen and oxygen atoms in total. The van der Waals surface area contributed by atoms with Crippen molar-refractivity contribution in [2.24, 2.45) is 0 Å². The predicted octanol–water partition coefficient (Wildman–Crippen LogP) is 1.61. The molecule has 0 spiro atoms. The van der Waals surface area contributed by atoms with Crippen molar-refractivity contribution in [2.75, 3.05) is 27.2 Å². The lowest BCUT2D eigenvalue weighted by molar-refractivity contribution is -0.121. The quantitative estimate of drug-likeness (QED) is 0.766. The van der Waals surface area contributed by atoms with Crippen LogP contribution in [0, 0.1) is 0 Å². The van der Waals surface area contributed by atoms with Gasteiger partial charge in [0.25, 0.3) is 0 Å². The molecule has 0 radical (unpaired) electrons. The van der Waals surface area contributed by atoms with E-state index in [-0.39, 0.29) is 24.4 Å². The van der Waals surface area contributed by atoms with E-state index in [2.05, 4.69) is 10.6 Å². The highest BCUT2D eigenvalue weighted by Gasteiger charge is 2.06. The van der Waals surface area contributed by atoms with Crippen molar-refractivity contribution < 1.29 is 14.3 Å². The molecule has 0 saturated heterocycles. The summed E-state index contributed by atoms with van der Waals surface area (Å²) < 4.78 is 10.8. The van der Waals surface area contributed by atoms with Gasteiger partial charge >= 0.3 is 0 Å². The van der Waals surface area contributed by atoms with Gasteiger partial charge in [0.2, 0.25) is 5.91 Å². The van der Waals surface area contributed by atoms with Gasteiger partial charge in [0.05, 0.1) is 13.7 Å². The minimum Gasteiger partial charge on any atom is -0.497 e.